The van der Waals surface area contributed by atoms with Crippen LogP contribution in [0.1, 0.15) is 24.3 Å². The van der Waals surface area contributed by atoms with Crippen LogP contribution in [0.2, 0.25) is 5.02 Å². The van der Waals surface area contributed by atoms with Gasteiger partial charge in [-0.05, 0) is 6.54 Å². The summed E-state index contributed by atoms with van der Waals surface area (Å²) in [6.45, 7) is 6.40. The molecule has 1 rings (SSSR count). The van der Waals surface area contributed by atoms with Gasteiger partial charge in [-0.1, -0.05) is 25.4 Å². The molecule has 0 bridgehead atoms. The quantitative estimate of drug-likeness (QED) is 0.731. The summed E-state index contributed by atoms with van der Waals surface area (Å²) in [5.74, 6) is -0.116. The standard InChI is InChI=1S/C12H20ClN3O2/c1-4-14-7-9(2)12(17)11-10(13)8-15-16(11)5-6-18-3/h8-9,14H,4-7H2,1-3H3. The van der Waals surface area contributed by atoms with E-state index in [1.54, 1.807) is 11.8 Å². The number of nitrogens with one attached hydrogen (secondary N) is 1. The third kappa shape index (κ3) is 3.80. The van der Waals surface area contributed by atoms with Crippen LogP contribution >= 0.6 is 11.6 Å². The summed E-state index contributed by atoms with van der Waals surface area (Å²) in [5, 5.41) is 7.66. The molecular formula is C12H20ClN3O2. The van der Waals surface area contributed by atoms with Crippen molar-refractivity contribution in [3.05, 3.63) is 16.9 Å². The Bertz CT molecular complexity index is 393. The Hall–Kier alpha value is -0.910. The van der Waals surface area contributed by atoms with Crippen molar-refractivity contribution in [2.75, 3.05) is 26.8 Å². The van der Waals surface area contributed by atoms with E-state index in [9.17, 15) is 4.79 Å². The Morgan fingerprint density at radius 1 is 1.67 bits per heavy atom. The van der Waals surface area contributed by atoms with E-state index >= 15 is 0 Å². The van der Waals surface area contributed by atoms with Gasteiger partial charge in [-0.15, -0.1) is 0 Å². The Balaban J connectivity index is 2.80. The van der Waals surface area contributed by atoms with Crippen molar-refractivity contribution in [2.45, 2.75) is 20.4 Å². The summed E-state index contributed by atoms with van der Waals surface area (Å²) in [6, 6.07) is 0. The van der Waals surface area contributed by atoms with Gasteiger partial charge in [-0.3, -0.25) is 9.48 Å². The SMILES string of the molecule is CCNCC(C)C(=O)c1c(Cl)cnn1CCOC. The average molecular weight is 274 g/mol. The third-order valence-electron chi connectivity index (χ3n) is 2.68. The van der Waals surface area contributed by atoms with Crippen LogP contribution in [-0.4, -0.2) is 42.4 Å². The van der Waals surface area contributed by atoms with E-state index in [0.29, 0.717) is 30.4 Å². The van der Waals surface area contributed by atoms with Crippen LogP contribution in [0.4, 0.5) is 0 Å². The zero-order chi connectivity index (χ0) is 13.5. The first kappa shape index (κ1) is 15.1. The van der Waals surface area contributed by atoms with Crippen molar-refractivity contribution >= 4 is 17.4 Å². The molecule has 1 aromatic rings. The average Bonchev–Trinajstić information content (AvgIpc) is 2.73. The smallest absolute Gasteiger partial charge is 0.186 e. The summed E-state index contributed by atoms with van der Waals surface area (Å²) in [7, 11) is 1.61. The lowest BCUT2D eigenvalue weighted by Crippen LogP contribution is -2.28. The van der Waals surface area contributed by atoms with E-state index in [2.05, 4.69) is 10.4 Å². The number of carbonyl (C=O) groups is 1. The molecule has 1 unspecified atom stereocenters. The summed E-state index contributed by atoms with van der Waals surface area (Å²) in [4.78, 5) is 12.3. The van der Waals surface area contributed by atoms with Crippen LogP contribution in [-0.2, 0) is 11.3 Å². The second kappa shape index (κ2) is 7.51. The van der Waals surface area contributed by atoms with E-state index in [0.717, 1.165) is 6.54 Å². The molecule has 0 radical (unpaired) electrons. The van der Waals surface area contributed by atoms with Crippen LogP contribution in [0.25, 0.3) is 0 Å². The van der Waals surface area contributed by atoms with Gasteiger partial charge in [0.25, 0.3) is 0 Å². The van der Waals surface area contributed by atoms with Crippen LogP contribution in [0.3, 0.4) is 0 Å². The predicted octanol–water partition coefficient (Wildman–Crippen LogP) is 1.61. The fraction of sp³-hybridized carbons (Fsp3) is 0.667. The highest BCUT2D eigenvalue weighted by Crippen LogP contribution is 2.19. The Kier molecular flexibility index (Phi) is 6.32. The van der Waals surface area contributed by atoms with E-state index in [-0.39, 0.29) is 11.7 Å². The number of nitrogens with zero attached hydrogens (tertiary/aromatic N) is 2. The minimum absolute atomic E-state index is 0.00885. The van der Waals surface area contributed by atoms with Crippen molar-refractivity contribution in [3.8, 4) is 0 Å². The number of aromatic nitrogens is 2. The minimum atomic E-state index is -0.125. The number of ketones is 1. The van der Waals surface area contributed by atoms with Gasteiger partial charge in [0.2, 0.25) is 0 Å². The van der Waals surface area contributed by atoms with Gasteiger partial charge in [-0.2, -0.15) is 5.10 Å². The molecule has 0 saturated carbocycles. The lowest BCUT2D eigenvalue weighted by Gasteiger charge is -2.12. The number of rotatable bonds is 8. The lowest BCUT2D eigenvalue weighted by atomic mass is 10.0. The normalized spacial score (nSPS) is 12.7. The maximum atomic E-state index is 12.3. The molecule has 0 aliphatic heterocycles. The Labute approximate surface area is 112 Å². The molecule has 0 aliphatic rings. The second-order valence-corrected chi connectivity index (χ2v) is 4.54. The van der Waals surface area contributed by atoms with Crippen LogP contribution in [0.5, 0.6) is 0 Å². The number of halogens is 1. The molecule has 102 valence electrons. The van der Waals surface area contributed by atoms with Crippen LogP contribution < -0.4 is 5.32 Å². The molecule has 0 fully saturated rings. The molecule has 6 heteroatoms. The van der Waals surface area contributed by atoms with Crippen molar-refractivity contribution < 1.29 is 9.53 Å². The molecule has 1 heterocycles. The molecule has 1 N–H and O–H groups in total. The van der Waals surface area contributed by atoms with Gasteiger partial charge >= 0.3 is 0 Å². The van der Waals surface area contributed by atoms with E-state index in [1.807, 2.05) is 13.8 Å². The first-order chi connectivity index (χ1) is 8.61. The Morgan fingerprint density at radius 2 is 2.39 bits per heavy atom. The molecule has 0 amide bonds. The van der Waals surface area contributed by atoms with Gasteiger partial charge in [0.05, 0.1) is 24.4 Å². The van der Waals surface area contributed by atoms with Crippen molar-refractivity contribution in [1.29, 1.82) is 0 Å². The first-order valence-corrected chi connectivity index (χ1v) is 6.44. The predicted molar refractivity (Wildman–Crippen MR) is 71.2 cm³/mol. The molecule has 0 aliphatic carbocycles. The van der Waals surface area contributed by atoms with Crippen LogP contribution in [0, 0.1) is 5.92 Å². The highest BCUT2D eigenvalue weighted by Gasteiger charge is 2.22. The number of ether oxygens (including phenoxy) is 1. The van der Waals surface area contributed by atoms with E-state index in [1.165, 1.54) is 6.20 Å². The summed E-state index contributed by atoms with van der Waals surface area (Å²) >= 11 is 6.03. The molecule has 0 aromatic carbocycles. The monoisotopic (exact) mass is 273 g/mol. The van der Waals surface area contributed by atoms with E-state index < -0.39 is 0 Å². The molecular weight excluding hydrogens is 254 g/mol. The summed E-state index contributed by atoms with van der Waals surface area (Å²) in [5.41, 5.74) is 0.471. The number of Topliss-reactive ketones (excluding diaryl/α,β-unsaturated/α-hetero) is 1. The summed E-state index contributed by atoms with van der Waals surface area (Å²) < 4.78 is 6.60. The maximum Gasteiger partial charge on any atom is 0.186 e. The van der Waals surface area contributed by atoms with Gasteiger partial charge in [-0.25, -0.2) is 0 Å². The van der Waals surface area contributed by atoms with Crippen LogP contribution in [0.15, 0.2) is 6.20 Å². The summed E-state index contributed by atoms with van der Waals surface area (Å²) in [6.07, 6.45) is 1.50. The molecule has 0 saturated heterocycles. The number of hydrogen-bond donors (Lipinski definition) is 1. The molecule has 5 nitrogen and oxygen atoms in total. The largest absolute Gasteiger partial charge is 0.383 e. The zero-order valence-electron chi connectivity index (χ0n) is 11.1. The first-order valence-electron chi connectivity index (χ1n) is 6.07. The fourth-order valence-electron chi connectivity index (χ4n) is 1.64. The van der Waals surface area contributed by atoms with Gasteiger partial charge in [0, 0.05) is 19.6 Å². The van der Waals surface area contributed by atoms with Gasteiger partial charge in [0.1, 0.15) is 5.69 Å². The van der Waals surface area contributed by atoms with Gasteiger partial charge < -0.3 is 10.1 Å². The highest BCUT2D eigenvalue weighted by atomic mass is 35.5. The number of carbonyl (C=O) groups excluding carboxylic acids is 1. The highest BCUT2D eigenvalue weighted by molar-refractivity contribution is 6.33. The fourth-order valence-corrected chi connectivity index (χ4v) is 1.88. The van der Waals surface area contributed by atoms with Gasteiger partial charge in [0.15, 0.2) is 5.78 Å². The molecule has 1 aromatic heterocycles. The number of hydrogen-bond acceptors (Lipinski definition) is 4. The Morgan fingerprint density at radius 3 is 3.00 bits per heavy atom. The second-order valence-electron chi connectivity index (χ2n) is 4.13. The molecule has 18 heavy (non-hydrogen) atoms. The third-order valence-corrected chi connectivity index (χ3v) is 2.96. The molecule has 1 atom stereocenters. The zero-order valence-corrected chi connectivity index (χ0v) is 11.8. The van der Waals surface area contributed by atoms with Crippen molar-refractivity contribution in [1.82, 2.24) is 15.1 Å². The van der Waals surface area contributed by atoms with Crippen molar-refractivity contribution in [2.24, 2.45) is 5.92 Å². The maximum absolute atomic E-state index is 12.3. The topological polar surface area (TPSA) is 56.2 Å². The van der Waals surface area contributed by atoms with E-state index in [4.69, 9.17) is 16.3 Å². The molecule has 0 spiro atoms. The lowest BCUT2D eigenvalue weighted by molar-refractivity contribution is 0.0915. The van der Waals surface area contributed by atoms with Crippen molar-refractivity contribution in [3.63, 3.8) is 0 Å². The number of methoxy groups -OCH3 is 1. The minimum Gasteiger partial charge on any atom is -0.383 e.